The molecule has 0 radical (unpaired) electrons. The number of carbonyl (C=O) groups excluding carboxylic acids is 2. The molecule has 0 unspecified atom stereocenters. The van der Waals surface area contributed by atoms with Gasteiger partial charge in [-0.2, -0.15) is 0 Å². The zero-order chi connectivity index (χ0) is 16.7. The molecule has 22 heavy (non-hydrogen) atoms. The summed E-state index contributed by atoms with van der Waals surface area (Å²) >= 11 is 4.13. The van der Waals surface area contributed by atoms with E-state index >= 15 is 0 Å². The standard InChI is InChI=1S/C8H5NO3.C7H8S.C2H6/c10-7-5-3-1-2-4-6(5)8(11)9(7)12;1-6-2-4-7(8)5-3-6;1-2/h1-4,12H;2-5,8H,1H3;1-2H3. The van der Waals surface area contributed by atoms with Crippen LogP contribution < -0.4 is 0 Å². The second kappa shape index (κ2) is 8.36. The Hall–Kier alpha value is -2.11. The summed E-state index contributed by atoms with van der Waals surface area (Å²) in [6, 6.07) is 14.4. The fraction of sp³-hybridized carbons (Fsp3) is 0.176. The van der Waals surface area contributed by atoms with Gasteiger partial charge in [0, 0.05) is 4.90 Å². The second-order valence-corrected chi connectivity index (χ2v) is 4.82. The van der Waals surface area contributed by atoms with Gasteiger partial charge in [-0.25, -0.2) is 0 Å². The van der Waals surface area contributed by atoms with Gasteiger partial charge in [-0.05, 0) is 31.2 Å². The van der Waals surface area contributed by atoms with Crippen LogP contribution >= 0.6 is 12.6 Å². The average molecular weight is 317 g/mol. The van der Waals surface area contributed by atoms with Crippen LogP contribution in [-0.4, -0.2) is 22.1 Å². The van der Waals surface area contributed by atoms with E-state index in [1.807, 2.05) is 38.1 Å². The first-order valence-electron chi connectivity index (χ1n) is 6.93. The lowest BCUT2D eigenvalue weighted by atomic mass is 10.1. The number of nitrogens with zero attached hydrogens (tertiary/aromatic N) is 1. The first-order valence-corrected chi connectivity index (χ1v) is 7.37. The molecule has 1 aliphatic rings. The molecule has 0 bridgehead atoms. The van der Waals surface area contributed by atoms with Crippen LogP contribution in [0.3, 0.4) is 0 Å². The monoisotopic (exact) mass is 317 g/mol. The van der Waals surface area contributed by atoms with Gasteiger partial charge in [0.25, 0.3) is 11.8 Å². The quantitative estimate of drug-likeness (QED) is 0.439. The largest absolute Gasteiger partial charge is 0.285 e. The summed E-state index contributed by atoms with van der Waals surface area (Å²) in [6.45, 7) is 6.06. The number of hydrogen-bond acceptors (Lipinski definition) is 4. The minimum atomic E-state index is -0.657. The van der Waals surface area contributed by atoms with Gasteiger partial charge in [0.2, 0.25) is 0 Å². The van der Waals surface area contributed by atoms with Crippen molar-refractivity contribution in [1.29, 1.82) is 0 Å². The maximum Gasteiger partial charge on any atom is 0.285 e. The number of amides is 2. The summed E-state index contributed by atoms with van der Waals surface area (Å²) in [7, 11) is 0. The van der Waals surface area contributed by atoms with Gasteiger partial charge in [0.1, 0.15) is 0 Å². The fourth-order valence-corrected chi connectivity index (χ4v) is 1.87. The molecule has 2 amide bonds. The number of imide groups is 1. The molecule has 1 aliphatic heterocycles. The summed E-state index contributed by atoms with van der Waals surface area (Å²) in [5.74, 6) is -1.31. The van der Waals surface area contributed by atoms with Gasteiger partial charge in [0.05, 0.1) is 11.1 Å². The molecule has 2 aromatic carbocycles. The van der Waals surface area contributed by atoms with Crippen molar-refractivity contribution >= 4 is 24.4 Å². The molecule has 5 heteroatoms. The summed E-state index contributed by atoms with van der Waals surface area (Å²) in [5, 5.41) is 9.05. The molecule has 0 fully saturated rings. The van der Waals surface area contributed by atoms with Crippen molar-refractivity contribution in [3.05, 3.63) is 65.2 Å². The van der Waals surface area contributed by atoms with E-state index < -0.39 is 11.8 Å². The maximum atomic E-state index is 11.1. The van der Waals surface area contributed by atoms with Crippen LogP contribution in [0.2, 0.25) is 0 Å². The maximum absolute atomic E-state index is 11.1. The van der Waals surface area contributed by atoms with E-state index in [0.29, 0.717) is 0 Å². The fourth-order valence-electron chi connectivity index (χ4n) is 1.72. The molecule has 116 valence electrons. The number of thiol groups is 1. The number of fused-ring (bicyclic) bond motifs is 1. The molecule has 0 spiro atoms. The van der Waals surface area contributed by atoms with E-state index in [9.17, 15) is 9.59 Å². The normalized spacial score (nSPS) is 12.0. The molecule has 0 saturated heterocycles. The van der Waals surface area contributed by atoms with Gasteiger partial charge in [-0.15, -0.1) is 17.7 Å². The summed E-state index contributed by atoms with van der Waals surface area (Å²) in [6.07, 6.45) is 0. The van der Waals surface area contributed by atoms with E-state index in [0.717, 1.165) is 4.90 Å². The van der Waals surface area contributed by atoms with Gasteiger partial charge in [0.15, 0.2) is 0 Å². The Kier molecular flexibility index (Phi) is 6.82. The Morgan fingerprint density at radius 1 is 0.864 bits per heavy atom. The third-order valence-corrected chi connectivity index (χ3v) is 3.10. The topological polar surface area (TPSA) is 57.6 Å². The smallest absolute Gasteiger partial charge is 0.278 e. The third kappa shape index (κ3) is 4.19. The van der Waals surface area contributed by atoms with E-state index in [2.05, 4.69) is 19.6 Å². The lowest BCUT2D eigenvalue weighted by Gasteiger charge is -1.99. The van der Waals surface area contributed by atoms with Crippen LogP contribution in [0.1, 0.15) is 40.1 Å². The zero-order valence-electron chi connectivity index (χ0n) is 12.8. The first-order chi connectivity index (χ1) is 10.5. The van der Waals surface area contributed by atoms with E-state index in [-0.39, 0.29) is 16.2 Å². The highest BCUT2D eigenvalue weighted by Crippen LogP contribution is 2.19. The third-order valence-electron chi connectivity index (χ3n) is 2.81. The molecule has 2 aromatic rings. The predicted octanol–water partition coefficient (Wildman–Crippen LogP) is 3.98. The molecular weight excluding hydrogens is 298 g/mol. The average Bonchev–Trinajstić information content (AvgIpc) is 2.78. The van der Waals surface area contributed by atoms with Crippen LogP contribution in [0.5, 0.6) is 0 Å². The van der Waals surface area contributed by atoms with Gasteiger partial charge in [-0.3, -0.25) is 14.8 Å². The minimum absolute atomic E-state index is 0.130. The lowest BCUT2D eigenvalue weighted by Crippen LogP contribution is -2.25. The molecule has 1 N–H and O–H groups in total. The number of aryl methyl sites for hydroxylation is 1. The van der Waals surface area contributed by atoms with Crippen molar-refractivity contribution in [3.8, 4) is 0 Å². The summed E-state index contributed by atoms with van der Waals surface area (Å²) in [4.78, 5) is 23.1. The van der Waals surface area contributed by atoms with Gasteiger partial charge >= 0.3 is 0 Å². The molecule has 0 aromatic heterocycles. The van der Waals surface area contributed by atoms with Crippen molar-refractivity contribution in [1.82, 2.24) is 5.06 Å². The molecule has 4 nitrogen and oxygen atoms in total. The van der Waals surface area contributed by atoms with Gasteiger partial charge < -0.3 is 0 Å². The van der Waals surface area contributed by atoms with E-state index in [1.54, 1.807) is 12.1 Å². The molecule has 0 saturated carbocycles. The van der Waals surface area contributed by atoms with Crippen LogP contribution in [-0.2, 0) is 0 Å². The molecule has 3 rings (SSSR count). The van der Waals surface area contributed by atoms with Crippen molar-refractivity contribution in [2.45, 2.75) is 25.7 Å². The highest BCUT2D eigenvalue weighted by atomic mass is 32.1. The lowest BCUT2D eigenvalue weighted by molar-refractivity contribution is -0.0327. The molecular formula is C17H19NO3S. The Morgan fingerprint density at radius 2 is 1.27 bits per heavy atom. The Balaban J connectivity index is 0.000000211. The number of hydrogen-bond donors (Lipinski definition) is 2. The minimum Gasteiger partial charge on any atom is -0.278 e. The second-order valence-electron chi connectivity index (χ2n) is 4.30. The van der Waals surface area contributed by atoms with Crippen molar-refractivity contribution in [3.63, 3.8) is 0 Å². The number of rotatable bonds is 0. The van der Waals surface area contributed by atoms with Crippen LogP contribution in [0, 0.1) is 6.92 Å². The van der Waals surface area contributed by atoms with E-state index in [4.69, 9.17) is 5.21 Å². The van der Waals surface area contributed by atoms with Gasteiger partial charge in [-0.1, -0.05) is 43.7 Å². The Labute approximate surface area is 135 Å². The molecule has 1 heterocycles. The van der Waals surface area contributed by atoms with Crippen molar-refractivity contribution in [2.24, 2.45) is 0 Å². The number of hydroxylamine groups is 2. The summed E-state index contributed by atoms with van der Waals surface area (Å²) in [5.41, 5.74) is 1.79. The summed E-state index contributed by atoms with van der Waals surface area (Å²) < 4.78 is 0. The molecule has 0 atom stereocenters. The van der Waals surface area contributed by atoms with Crippen LogP contribution in [0.15, 0.2) is 53.4 Å². The number of benzene rings is 2. The highest BCUT2D eigenvalue weighted by Gasteiger charge is 2.33. The van der Waals surface area contributed by atoms with Crippen molar-refractivity contribution in [2.75, 3.05) is 0 Å². The predicted molar refractivity (Wildman–Crippen MR) is 88.5 cm³/mol. The Bertz CT molecular complexity index is 597. The first kappa shape index (κ1) is 17.9. The van der Waals surface area contributed by atoms with E-state index in [1.165, 1.54) is 17.7 Å². The number of carbonyl (C=O) groups is 2. The van der Waals surface area contributed by atoms with Crippen LogP contribution in [0.25, 0.3) is 0 Å². The van der Waals surface area contributed by atoms with Crippen LogP contribution in [0.4, 0.5) is 0 Å². The molecule has 0 aliphatic carbocycles. The zero-order valence-corrected chi connectivity index (χ0v) is 13.7. The SMILES string of the molecule is CC.Cc1ccc(S)cc1.O=C1c2ccccc2C(=O)N1O. The highest BCUT2D eigenvalue weighted by molar-refractivity contribution is 7.80. The Morgan fingerprint density at radius 3 is 1.64 bits per heavy atom. The van der Waals surface area contributed by atoms with Crippen molar-refractivity contribution < 1.29 is 14.8 Å².